The molecule has 0 bridgehead atoms. The average Bonchev–Trinajstić information content (AvgIpc) is 3.18. The molecule has 1 aliphatic heterocycles. The van der Waals surface area contributed by atoms with Crippen LogP contribution >= 0.6 is 11.3 Å². The van der Waals surface area contributed by atoms with Crippen LogP contribution in [0.2, 0.25) is 0 Å². The van der Waals surface area contributed by atoms with Crippen LogP contribution in [-0.2, 0) is 6.54 Å². The summed E-state index contributed by atoms with van der Waals surface area (Å²) in [6.45, 7) is 15.1. The molecule has 0 spiro atoms. The Morgan fingerprint density at radius 2 is 2.10 bits per heavy atom. The number of hydrogen-bond acceptors (Lipinski definition) is 3. The predicted molar refractivity (Wildman–Crippen MR) is 92.0 cm³/mol. The molecule has 1 N–H and O–H groups in total. The molecule has 3 rings (SSSR count). The van der Waals surface area contributed by atoms with Crippen LogP contribution in [0.3, 0.4) is 0 Å². The topological polar surface area (TPSA) is 15.3 Å². The first-order valence-electron chi connectivity index (χ1n) is 8.44. The highest BCUT2D eigenvalue weighted by atomic mass is 32.1. The van der Waals surface area contributed by atoms with Crippen molar-refractivity contribution in [2.45, 2.75) is 65.6 Å². The van der Waals surface area contributed by atoms with E-state index in [1.807, 2.05) is 11.3 Å². The maximum absolute atomic E-state index is 3.88. The smallest absolute Gasteiger partial charge is 0.0332 e. The average molecular weight is 307 g/mol. The Labute approximate surface area is 133 Å². The van der Waals surface area contributed by atoms with Gasteiger partial charge in [0.15, 0.2) is 0 Å². The van der Waals surface area contributed by atoms with Crippen LogP contribution < -0.4 is 5.32 Å². The number of nitrogens with one attached hydrogen (secondary N) is 1. The largest absolute Gasteiger partial charge is 0.308 e. The lowest BCUT2D eigenvalue weighted by molar-refractivity contribution is 0.0470. The molecule has 1 saturated carbocycles. The first-order chi connectivity index (χ1) is 9.89. The van der Waals surface area contributed by atoms with Gasteiger partial charge in [-0.3, -0.25) is 4.90 Å². The van der Waals surface area contributed by atoms with E-state index in [4.69, 9.17) is 0 Å². The van der Waals surface area contributed by atoms with Gasteiger partial charge in [-0.15, -0.1) is 11.3 Å². The summed E-state index contributed by atoms with van der Waals surface area (Å²) in [4.78, 5) is 5.77. The number of nitrogens with zero attached hydrogens (tertiary/aromatic N) is 1. The molecule has 0 radical (unpaired) electrons. The highest BCUT2D eigenvalue weighted by molar-refractivity contribution is 7.12. The molecule has 1 aromatic heterocycles. The van der Waals surface area contributed by atoms with Crippen LogP contribution in [0.5, 0.6) is 0 Å². The van der Waals surface area contributed by atoms with Crippen molar-refractivity contribution in [3.63, 3.8) is 0 Å². The van der Waals surface area contributed by atoms with Crippen LogP contribution in [0.4, 0.5) is 0 Å². The van der Waals surface area contributed by atoms with E-state index in [1.54, 1.807) is 0 Å². The van der Waals surface area contributed by atoms with Gasteiger partial charge in [-0.05, 0) is 57.1 Å². The number of rotatable bonds is 4. The Morgan fingerprint density at radius 3 is 2.62 bits per heavy atom. The summed E-state index contributed by atoms with van der Waals surface area (Å²) < 4.78 is 0. The van der Waals surface area contributed by atoms with Gasteiger partial charge in [-0.1, -0.05) is 13.8 Å². The SMILES string of the molecule is Cc1cc(CN2CC(C)(C3CC3)NCC2C(C)C)sc1C. The van der Waals surface area contributed by atoms with Gasteiger partial charge < -0.3 is 5.32 Å². The highest BCUT2D eigenvalue weighted by Gasteiger charge is 2.46. The summed E-state index contributed by atoms with van der Waals surface area (Å²) in [6, 6.07) is 3.06. The summed E-state index contributed by atoms with van der Waals surface area (Å²) in [5, 5.41) is 3.88. The van der Waals surface area contributed by atoms with E-state index >= 15 is 0 Å². The van der Waals surface area contributed by atoms with E-state index in [1.165, 1.54) is 34.7 Å². The second-order valence-electron chi connectivity index (χ2n) is 7.74. The molecular weight excluding hydrogens is 276 g/mol. The summed E-state index contributed by atoms with van der Waals surface area (Å²) in [5.41, 5.74) is 1.79. The van der Waals surface area contributed by atoms with E-state index in [-0.39, 0.29) is 0 Å². The maximum Gasteiger partial charge on any atom is 0.0332 e. The van der Waals surface area contributed by atoms with Crippen LogP contribution in [-0.4, -0.2) is 29.6 Å². The summed E-state index contributed by atoms with van der Waals surface area (Å²) in [6.07, 6.45) is 2.84. The predicted octanol–water partition coefficient (Wildman–Crippen LogP) is 3.96. The number of aryl methyl sites for hydroxylation is 2. The van der Waals surface area contributed by atoms with Gasteiger partial charge >= 0.3 is 0 Å². The van der Waals surface area contributed by atoms with Gasteiger partial charge in [-0.2, -0.15) is 0 Å². The van der Waals surface area contributed by atoms with Crippen LogP contribution in [0.15, 0.2) is 6.07 Å². The second-order valence-corrected chi connectivity index (χ2v) is 9.08. The zero-order valence-electron chi connectivity index (χ0n) is 14.2. The van der Waals surface area contributed by atoms with Crippen molar-refractivity contribution >= 4 is 11.3 Å². The van der Waals surface area contributed by atoms with Gasteiger partial charge in [0.25, 0.3) is 0 Å². The fourth-order valence-electron chi connectivity index (χ4n) is 3.81. The fourth-order valence-corrected chi connectivity index (χ4v) is 4.89. The molecule has 0 amide bonds. The summed E-state index contributed by atoms with van der Waals surface area (Å²) in [7, 11) is 0. The molecule has 3 heteroatoms. The third kappa shape index (κ3) is 3.20. The van der Waals surface area contributed by atoms with Crippen molar-refractivity contribution in [1.82, 2.24) is 10.2 Å². The molecule has 2 nitrogen and oxygen atoms in total. The third-order valence-electron chi connectivity index (χ3n) is 5.54. The molecule has 1 aromatic rings. The van der Waals surface area contributed by atoms with E-state index < -0.39 is 0 Å². The summed E-state index contributed by atoms with van der Waals surface area (Å²) in [5.74, 6) is 1.61. The third-order valence-corrected chi connectivity index (χ3v) is 6.68. The van der Waals surface area contributed by atoms with Gasteiger partial charge in [-0.25, -0.2) is 0 Å². The van der Waals surface area contributed by atoms with Crippen molar-refractivity contribution in [3.05, 3.63) is 21.4 Å². The minimum absolute atomic E-state index is 0.340. The first-order valence-corrected chi connectivity index (χ1v) is 9.25. The molecule has 1 saturated heterocycles. The Hall–Kier alpha value is -0.380. The van der Waals surface area contributed by atoms with Crippen LogP contribution in [0.25, 0.3) is 0 Å². The fraction of sp³-hybridized carbons (Fsp3) is 0.778. The maximum atomic E-state index is 3.88. The van der Waals surface area contributed by atoms with Crippen molar-refractivity contribution in [2.24, 2.45) is 11.8 Å². The minimum Gasteiger partial charge on any atom is -0.308 e. The van der Waals surface area contributed by atoms with E-state index in [0.717, 1.165) is 19.0 Å². The second kappa shape index (κ2) is 5.68. The van der Waals surface area contributed by atoms with E-state index in [0.29, 0.717) is 17.5 Å². The van der Waals surface area contributed by atoms with Crippen molar-refractivity contribution in [3.8, 4) is 0 Å². The molecule has 2 unspecified atom stereocenters. The molecule has 1 aliphatic carbocycles. The molecular formula is C18H30N2S. The Bertz CT molecular complexity index is 484. The van der Waals surface area contributed by atoms with Gasteiger partial charge in [0.2, 0.25) is 0 Å². The van der Waals surface area contributed by atoms with Crippen molar-refractivity contribution in [1.29, 1.82) is 0 Å². The molecule has 118 valence electrons. The lowest BCUT2D eigenvalue weighted by Gasteiger charge is -2.48. The van der Waals surface area contributed by atoms with Gasteiger partial charge in [0.1, 0.15) is 0 Å². The van der Waals surface area contributed by atoms with Gasteiger partial charge in [0.05, 0.1) is 0 Å². The number of thiophene rings is 1. The Balaban J connectivity index is 1.76. The van der Waals surface area contributed by atoms with Crippen molar-refractivity contribution in [2.75, 3.05) is 13.1 Å². The molecule has 0 aromatic carbocycles. The highest BCUT2D eigenvalue weighted by Crippen LogP contribution is 2.42. The molecule has 21 heavy (non-hydrogen) atoms. The number of piperazine rings is 1. The Kier molecular flexibility index (Phi) is 4.19. The van der Waals surface area contributed by atoms with Crippen LogP contribution in [0.1, 0.15) is 48.9 Å². The quantitative estimate of drug-likeness (QED) is 0.905. The van der Waals surface area contributed by atoms with Crippen LogP contribution in [0, 0.1) is 25.7 Å². The number of hydrogen-bond donors (Lipinski definition) is 1. The standard InChI is InChI=1S/C18H30N2S/c1-12(2)17-9-19-18(5,15-6-7-15)11-20(17)10-16-8-13(3)14(4)21-16/h8,12,15,17,19H,6-7,9-11H2,1-5H3. The first kappa shape index (κ1) is 15.5. The lowest BCUT2D eigenvalue weighted by atomic mass is 9.88. The molecule has 2 heterocycles. The van der Waals surface area contributed by atoms with E-state index in [9.17, 15) is 0 Å². The molecule has 2 aliphatic rings. The zero-order valence-corrected chi connectivity index (χ0v) is 15.0. The monoisotopic (exact) mass is 306 g/mol. The lowest BCUT2D eigenvalue weighted by Crippen LogP contribution is -2.64. The molecule has 2 fully saturated rings. The van der Waals surface area contributed by atoms with Gasteiger partial charge in [0, 0.05) is 41.0 Å². The zero-order chi connectivity index (χ0) is 15.2. The molecule has 2 atom stereocenters. The normalized spacial score (nSPS) is 31.0. The minimum atomic E-state index is 0.340. The van der Waals surface area contributed by atoms with Crippen molar-refractivity contribution < 1.29 is 0 Å². The van der Waals surface area contributed by atoms with E-state index in [2.05, 4.69) is 50.9 Å². The Morgan fingerprint density at radius 1 is 1.38 bits per heavy atom. The summed E-state index contributed by atoms with van der Waals surface area (Å²) >= 11 is 1.98.